The smallest absolute Gasteiger partial charge is 0.0209 e. The lowest BCUT2D eigenvalue weighted by atomic mass is 9.96. The van der Waals surface area contributed by atoms with Crippen molar-refractivity contribution in [3.8, 4) is 0 Å². The van der Waals surface area contributed by atoms with Gasteiger partial charge in [0.1, 0.15) is 0 Å². The van der Waals surface area contributed by atoms with Crippen molar-refractivity contribution < 1.29 is 0 Å². The summed E-state index contributed by atoms with van der Waals surface area (Å²) in [6.07, 6.45) is 5.21. The van der Waals surface area contributed by atoms with Crippen LogP contribution in [0.2, 0.25) is 0 Å². The fourth-order valence-electron chi connectivity index (χ4n) is 2.02. The van der Waals surface area contributed by atoms with Crippen molar-refractivity contribution >= 4 is 0 Å². The molecule has 1 aliphatic rings. The van der Waals surface area contributed by atoms with Crippen molar-refractivity contribution in [1.29, 1.82) is 0 Å². The van der Waals surface area contributed by atoms with Gasteiger partial charge in [0.2, 0.25) is 0 Å². The van der Waals surface area contributed by atoms with Gasteiger partial charge in [0.15, 0.2) is 0 Å². The Kier molecular flexibility index (Phi) is 4.20. The van der Waals surface area contributed by atoms with Crippen LogP contribution in [-0.4, -0.2) is 24.7 Å². The van der Waals surface area contributed by atoms with Crippen LogP contribution in [0.4, 0.5) is 0 Å². The molecule has 13 heavy (non-hydrogen) atoms. The van der Waals surface area contributed by atoms with E-state index < -0.39 is 0 Å². The van der Waals surface area contributed by atoms with Gasteiger partial charge in [0, 0.05) is 18.1 Å². The molecule has 2 N–H and O–H groups in total. The summed E-state index contributed by atoms with van der Waals surface area (Å²) in [5.74, 6) is 0. The monoisotopic (exact) mass is 184 g/mol. The molecule has 1 unspecified atom stereocenters. The highest BCUT2D eigenvalue weighted by Gasteiger charge is 2.23. The topological polar surface area (TPSA) is 24.1 Å². The third-order valence-corrected chi connectivity index (χ3v) is 2.81. The van der Waals surface area contributed by atoms with E-state index >= 15 is 0 Å². The highest BCUT2D eigenvalue weighted by Crippen LogP contribution is 2.15. The summed E-state index contributed by atoms with van der Waals surface area (Å²) in [5, 5.41) is 7.12. The highest BCUT2D eigenvalue weighted by atomic mass is 15.1. The molecule has 0 aliphatic carbocycles. The minimum atomic E-state index is 0.326. The Morgan fingerprint density at radius 3 is 2.77 bits per heavy atom. The molecular weight excluding hydrogens is 160 g/mol. The minimum Gasteiger partial charge on any atom is -0.315 e. The molecule has 1 atom stereocenters. The fourth-order valence-corrected chi connectivity index (χ4v) is 2.02. The number of hydrogen-bond donors (Lipinski definition) is 2. The van der Waals surface area contributed by atoms with Crippen molar-refractivity contribution in [3.63, 3.8) is 0 Å². The lowest BCUT2D eigenvalue weighted by Gasteiger charge is -2.29. The van der Waals surface area contributed by atoms with Crippen molar-refractivity contribution in [2.45, 2.75) is 58.0 Å². The van der Waals surface area contributed by atoms with Gasteiger partial charge in [0.25, 0.3) is 0 Å². The first-order valence-electron chi connectivity index (χ1n) is 5.62. The third kappa shape index (κ3) is 4.10. The van der Waals surface area contributed by atoms with E-state index in [0.29, 0.717) is 11.6 Å². The van der Waals surface area contributed by atoms with Crippen molar-refractivity contribution in [3.05, 3.63) is 0 Å². The summed E-state index contributed by atoms with van der Waals surface area (Å²) in [5.41, 5.74) is 0.326. The van der Waals surface area contributed by atoms with Gasteiger partial charge >= 0.3 is 0 Å². The molecule has 0 radical (unpaired) electrons. The number of rotatable bonds is 5. The molecule has 0 bridgehead atoms. The molecule has 0 aromatic carbocycles. The maximum Gasteiger partial charge on any atom is 0.0209 e. The van der Waals surface area contributed by atoms with Crippen LogP contribution in [0.25, 0.3) is 0 Å². The second kappa shape index (κ2) is 4.97. The summed E-state index contributed by atoms with van der Waals surface area (Å²) >= 11 is 0. The van der Waals surface area contributed by atoms with E-state index in [1.165, 1.54) is 32.2 Å². The van der Waals surface area contributed by atoms with Crippen molar-refractivity contribution in [1.82, 2.24) is 10.6 Å². The highest BCUT2D eigenvalue weighted by molar-refractivity contribution is 4.86. The normalized spacial score (nSPS) is 23.8. The summed E-state index contributed by atoms with van der Waals surface area (Å²) in [6.45, 7) is 9.23. The first-order chi connectivity index (χ1) is 6.14. The molecule has 0 aromatic heterocycles. The zero-order chi connectivity index (χ0) is 9.73. The van der Waals surface area contributed by atoms with E-state index in [1.807, 2.05) is 0 Å². The molecule has 1 saturated heterocycles. The lowest BCUT2D eigenvalue weighted by molar-refractivity contribution is 0.314. The van der Waals surface area contributed by atoms with Crippen molar-refractivity contribution in [2.24, 2.45) is 0 Å². The Hall–Kier alpha value is -0.0800. The molecular formula is C11H24N2. The zero-order valence-corrected chi connectivity index (χ0v) is 9.32. The predicted molar refractivity (Wildman–Crippen MR) is 58.0 cm³/mol. The molecule has 1 heterocycles. The molecule has 0 spiro atoms. The molecule has 0 saturated carbocycles. The van der Waals surface area contributed by atoms with Crippen LogP contribution in [0.15, 0.2) is 0 Å². The van der Waals surface area contributed by atoms with Crippen LogP contribution < -0.4 is 10.6 Å². The second-order valence-electron chi connectivity index (χ2n) is 4.82. The Morgan fingerprint density at radius 2 is 2.23 bits per heavy atom. The Bertz CT molecular complexity index is 137. The van der Waals surface area contributed by atoms with Gasteiger partial charge in [-0.2, -0.15) is 0 Å². The predicted octanol–water partition coefficient (Wildman–Crippen LogP) is 1.91. The number of unbranched alkanes of at least 4 members (excludes halogenated alkanes) is 1. The average molecular weight is 184 g/mol. The Balaban J connectivity index is 2.23. The number of hydrogen-bond acceptors (Lipinski definition) is 2. The molecule has 78 valence electrons. The SMILES string of the molecule is CCCCC(C)(C)NC1CCNC1. The largest absolute Gasteiger partial charge is 0.315 e. The Labute approximate surface area is 82.5 Å². The van der Waals surface area contributed by atoms with Gasteiger partial charge in [-0.15, -0.1) is 0 Å². The molecule has 0 aromatic rings. The van der Waals surface area contributed by atoms with E-state index in [0.717, 1.165) is 6.54 Å². The summed E-state index contributed by atoms with van der Waals surface area (Å²) in [6, 6.07) is 0.701. The van der Waals surface area contributed by atoms with E-state index in [-0.39, 0.29) is 0 Å². The first kappa shape index (κ1) is 11.0. The first-order valence-corrected chi connectivity index (χ1v) is 5.62. The maximum absolute atomic E-state index is 3.73. The fraction of sp³-hybridized carbons (Fsp3) is 1.00. The van der Waals surface area contributed by atoms with Gasteiger partial charge in [0.05, 0.1) is 0 Å². The van der Waals surface area contributed by atoms with Gasteiger partial charge < -0.3 is 10.6 Å². The lowest BCUT2D eigenvalue weighted by Crippen LogP contribution is -2.46. The number of nitrogens with one attached hydrogen (secondary N) is 2. The van der Waals surface area contributed by atoms with Gasteiger partial charge in [-0.3, -0.25) is 0 Å². The van der Waals surface area contributed by atoms with Crippen molar-refractivity contribution in [2.75, 3.05) is 13.1 Å². The van der Waals surface area contributed by atoms with Crippen LogP contribution in [0, 0.1) is 0 Å². The average Bonchev–Trinajstić information content (AvgIpc) is 2.52. The van der Waals surface area contributed by atoms with E-state index in [1.54, 1.807) is 0 Å². The molecule has 0 amide bonds. The maximum atomic E-state index is 3.73. The summed E-state index contributed by atoms with van der Waals surface area (Å²) in [4.78, 5) is 0. The molecule has 1 fully saturated rings. The van der Waals surface area contributed by atoms with E-state index in [4.69, 9.17) is 0 Å². The Morgan fingerprint density at radius 1 is 1.46 bits per heavy atom. The molecule has 1 rings (SSSR count). The quantitative estimate of drug-likeness (QED) is 0.682. The van der Waals surface area contributed by atoms with Gasteiger partial charge in [-0.1, -0.05) is 19.8 Å². The zero-order valence-electron chi connectivity index (χ0n) is 9.32. The van der Waals surface area contributed by atoms with E-state index in [9.17, 15) is 0 Å². The summed E-state index contributed by atoms with van der Waals surface area (Å²) < 4.78 is 0. The standard InChI is InChI=1S/C11H24N2/c1-4-5-7-11(2,3)13-10-6-8-12-9-10/h10,12-13H,4-9H2,1-3H3. The minimum absolute atomic E-state index is 0.326. The van der Waals surface area contributed by atoms with E-state index in [2.05, 4.69) is 31.4 Å². The van der Waals surface area contributed by atoms with Crippen LogP contribution in [0.3, 0.4) is 0 Å². The van der Waals surface area contributed by atoms with Crippen LogP contribution in [0.1, 0.15) is 46.5 Å². The van der Waals surface area contributed by atoms with Crippen LogP contribution in [0.5, 0.6) is 0 Å². The van der Waals surface area contributed by atoms with Crippen LogP contribution >= 0.6 is 0 Å². The second-order valence-corrected chi connectivity index (χ2v) is 4.82. The third-order valence-electron chi connectivity index (χ3n) is 2.81. The molecule has 1 aliphatic heterocycles. The van der Waals surface area contributed by atoms with Crippen LogP contribution in [-0.2, 0) is 0 Å². The van der Waals surface area contributed by atoms with Gasteiger partial charge in [-0.05, 0) is 33.2 Å². The molecule has 2 heteroatoms. The van der Waals surface area contributed by atoms with Gasteiger partial charge in [-0.25, -0.2) is 0 Å². The molecule has 2 nitrogen and oxygen atoms in total. The summed E-state index contributed by atoms with van der Waals surface area (Å²) in [7, 11) is 0.